The lowest BCUT2D eigenvalue weighted by molar-refractivity contribution is -0.144. The van der Waals surface area contributed by atoms with Gasteiger partial charge in [-0.15, -0.1) is 0 Å². The molecule has 0 spiro atoms. The van der Waals surface area contributed by atoms with Crippen LogP contribution in [0, 0.1) is 25.2 Å². The molecule has 12 aromatic rings. The lowest BCUT2D eigenvalue weighted by atomic mass is 9.97. The lowest BCUT2D eigenvalue weighted by Gasteiger charge is -2.20. The van der Waals surface area contributed by atoms with E-state index in [-0.39, 0.29) is 123 Å². The van der Waals surface area contributed by atoms with Crippen LogP contribution >= 0.6 is 0 Å². The average molecular weight is 1320 g/mol. The van der Waals surface area contributed by atoms with Crippen LogP contribution in [0.5, 0.6) is 0 Å². The maximum Gasteiger partial charge on any atom is 0.416 e. The second-order valence-corrected chi connectivity index (χ2v) is 22.4. The van der Waals surface area contributed by atoms with E-state index in [0.29, 0.717) is 36.4 Å². The van der Waals surface area contributed by atoms with Crippen LogP contribution < -0.4 is 0 Å². The number of halogens is 21. The molecule has 0 atom stereocenters. The molecule has 0 bridgehead atoms. The third kappa shape index (κ3) is 11.9. The number of nitriles is 1. The summed E-state index contributed by atoms with van der Waals surface area (Å²) in [5.41, 5.74) is -13.3. The first-order chi connectivity index (χ1) is 43.7. The number of nitrogens with zero attached hydrogens (tertiary/aromatic N) is 3. The van der Waals surface area contributed by atoms with Crippen molar-refractivity contribution in [3.8, 4) is 73.1 Å². The van der Waals surface area contributed by atoms with Crippen molar-refractivity contribution in [2.75, 3.05) is 0 Å². The van der Waals surface area contributed by atoms with Gasteiger partial charge >= 0.3 is 43.2 Å². The third-order valence-electron chi connectivity index (χ3n) is 16.1. The Kier molecular flexibility index (Phi) is 15.0. The van der Waals surface area contributed by atoms with E-state index in [9.17, 15) is 97.5 Å². The molecule has 0 aliphatic rings. The standard InChI is InChI=1S/C70H36F21N3/c1-34-15-41(19-47(17-34)65(74,75)76)37-5-11-53-54-12-6-38(42-16-35(2)18-48(20-42)66(77,78)79)26-59(54)93(58(53)25-37)62-29-45(36-3-9-46(10-4-36)64(71,72)73)30-63(57(62)33-92)94-60-27-39(43-21-49(67(80,81)82)31-50(22-43)68(83,84)85)7-13-55(60)56-14-8-40(28-61(56)94)44-23-51(69(86,87)88)32-52(24-44)70(89,90)91/h3-32H,1-2H3. The molecule has 0 aliphatic carbocycles. The first kappa shape index (κ1) is 63.9. The maximum absolute atomic E-state index is 14.5. The highest BCUT2D eigenvalue weighted by Gasteiger charge is 2.40. The van der Waals surface area contributed by atoms with E-state index in [2.05, 4.69) is 6.07 Å². The summed E-state index contributed by atoms with van der Waals surface area (Å²) in [6, 6.07) is 31.5. The fourth-order valence-corrected chi connectivity index (χ4v) is 11.8. The first-order valence-corrected chi connectivity index (χ1v) is 27.6. The second kappa shape index (κ2) is 22.0. The van der Waals surface area contributed by atoms with Crippen LogP contribution in [-0.4, -0.2) is 9.13 Å². The highest BCUT2D eigenvalue weighted by Crippen LogP contribution is 2.48. The van der Waals surface area contributed by atoms with Gasteiger partial charge in [0.25, 0.3) is 0 Å². The van der Waals surface area contributed by atoms with Crippen LogP contribution in [0.2, 0.25) is 0 Å². The van der Waals surface area contributed by atoms with E-state index >= 15 is 0 Å². The Morgan fingerprint density at radius 2 is 0.479 bits per heavy atom. The number of alkyl halides is 21. The Hall–Kier alpha value is -10.2. The number of fused-ring (bicyclic) bond motifs is 6. The molecule has 12 rings (SSSR count). The van der Waals surface area contributed by atoms with Crippen molar-refractivity contribution in [2.45, 2.75) is 57.1 Å². The molecule has 0 saturated carbocycles. The molecule has 0 radical (unpaired) electrons. The van der Waals surface area contributed by atoms with Crippen LogP contribution in [0.25, 0.3) is 111 Å². The Bertz CT molecular complexity index is 4800. The Labute approximate surface area is 516 Å². The molecule has 0 N–H and O–H groups in total. The van der Waals surface area contributed by atoms with Gasteiger partial charge in [-0.2, -0.15) is 97.5 Å². The zero-order valence-corrected chi connectivity index (χ0v) is 47.6. The van der Waals surface area contributed by atoms with Crippen LogP contribution in [0.3, 0.4) is 0 Å². The average Bonchev–Trinajstić information content (AvgIpc) is 1.55. The Balaban J connectivity index is 1.25. The molecule has 0 aliphatic heterocycles. The van der Waals surface area contributed by atoms with E-state index in [1.54, 1.807) is 0 Å². The lowest BCUT2D eigenvalue weighted by Crippen LogP contribution is -2.11. The first-order valence-electron chi connectivity index (χ1n) is 27.6. The van der Waals surface area contributed by atoms with Crippen molar-refractivity contribution in [1.29, 1.82) is 5.26 Å². The topological polar surface area (TPSA) is 33.6 Å². The SMILES string of the molecule is Cc1cc(-c2ccc3c4ccc(-c5cc(C)cc(C(F)(F)F)c5)cc4n(-c4cc(-c5ccc(C(F)(F)F)cc5)cc(-n5c6cc(-c7cc(C(F)(F)F)cc(C(F)(F)F)c7)ccc6c6ccc(-c7cc(C(F)(F)F)cc(C(F)(F)F)c7)cc65)c4C#N)c3c2)cc(C(F)(F)F)c1. The number of hydrogen-bond donors (Lipinski definition) is 0. The van der Waals surface area contributed by atoms with Crippen LogP contribution in [0.1, 0.15) is 55.6 Å². The smallest absolute Gasteiger partial charge is 0.308 e. The minimum atomic E-state index is -5.37. The van der Waals surface area contributed by atoms with E-state index in [1.807, 2.05) is 0 Å². The van der Waals surface area contributed by atoms with Gasteiger partial charge in [-0.05, 0) is 190 Å². The summed E-state index contributed by atoms with van der Waals surface area (Å²) in [7, 11) is 0. The van der Waals surface area contributed by atoms with Gasteiger partial charge in [-0.3, -0.25) is 0 Å². The van der Waals surface area contributed by atoms with Crippen molar-refractivity contribution in [2.24, 2.45) is 0 Å². The van der Waals surface area contributed by atoms with E-state index in [1.165, 1.54) is 95.8 Å². The quantitative estimate of drug-likeness (QED) is 0.146. The zero-order chi connectivity index (χ0) is 67.9. The van der Waals surface area contributed by atoms with Crippen LogP contribution in [0.4, 0.5) is 92.2 Å². The monoisotopic (exact) mass is 1320 g/mol. The summed E-state index contributed by atoms with van der Waals surface area (Å²) >= 11 is 0. The summed E-state index contributed by atoms with van der Waals surface area (Å²) < 4.78 is 306. The molecule has 0 amide bonds. The molecular weight excluding hydrogens is 1280 g/mol. The Morgan fingerprint density at radius 1 is 0.245 bits per heavy atom. The summed E-state index contributed by atoms with van der Waals surface area (Å²) in [5.74, 6) is 0. The predicted molar refractivity (Wildman–Crippen MR) is 312 cm³/mol. The summed E-state index contributed by atoms with van der Waals surface area (Å²) in [4.78, 5) is 0. The van der Waals surface area contributed by atoms with Gasteiger partial charge in [0.2, 0.25) is 0 Å². The molecule has 478 valence electrons. The largest absolute Gasteiger partial charge is 0.416 e. The van der Waals surface area contributed by atoms with E-state index in [0.717, 1.165) is 60.7 Å². The zero-order valence-electron chi connectivity index (χ0n) is 47.6. The highest BCUT2D eigenvalue weighted by molar-refractivity contribution is 6.13. The van der Waals surface area contributed by atoms with Crippen molar-refractivity contribution >= 4 is 43.6 Å². The van der Waals surface area contributed by atoms with Gasteiger partial charge in [0.15, 0.2) is 0 Å². The van der Waals surface area contributed by atoms with Gasteiger partial charge in [0, 0.05) is 21.5 Å². The van der Waals surface area contributed by atoms with Crippen LogP contribution in [0.15, 0.2) is 182 Å². The Morgan fingerprint density at radius 3 is 0.734 bits per heavy atom. The fraction of sp³-hybridized carbons (Fsp3) is 0.129. The molecule has 10 aromatic carbocycles. The van der Waals surface area contributed by atoms with Crippen molar-refractivity contribution in [1.82, 2.24) is 9.13 Å². The fourth-order valence-electron chi connectivity index (χ4n) is 11.8. The van der Waals surface area contributed by atoms with Gasteiger partial charge in [-0.25, -0.2) is 0 Å². The summed E-state index contributed by atoms with van der Waals surface area (Å²) in [6.07, 6.45) is -36.1. The molecule has 24 heteroatoms. The molecule has 0 saturated heterocycles. The molecule has 2 heterocycles. The number of aromatic nitrogens is 2. The number of aryl methyl sites for hydroxylation is 2. The highest BCUT2D eigenvalue weighted by atomic mass is 19.4. The molecule has 0 unspecified atom stereocenters. The number of rotatable bonds is 7. The third-order valence-corrected chi connectivity index (χ3v) is 16.1. The van der Waals surface area contributed by atoms with Crippen LogP contribution in [-0.2, 0) is 43.2 Å². The van der Waals surface area contributed by atoms with Crippen molar-refractivity contribution in [3.05, 3.63) is 238 Å². The maximum atomic E-state index is 14.5. The van der Waals surface area contributed by atoms with Crippen molar-refractivity contribution < 1.29 is 92.2 Å². The molecular formula is C70H36F21N3. The van der Waals surface area contributed by atoms with Gasteiger partial charge in [0.05, 0.1) is 72.4 Å². The van der Waals surface area contributed by atoms with Gasteiger partial charge < -0.3 is 9.13 Å². The van der Waals surface area contributed by atoms with Gasteiger partial charge in [-0.1, -0.05) is 72.8 Å². The number of hydrogen-bond acceptors (Lipinski definition) is 1. The summed E-state index contributed by atoms with van der Waals surface area (Å²) in [5, 5.41) is 12.5. The predicted octanol–water partition coefficient (Wildman–Crippen LogP) is 23.8. The second-order valence-electron chi connectivity index (χ2n) is 22.4. The molecule has 0 fully saturated rings. The normalized spacial score (nSPS) is 13.0. The van der Waals surface area contributed by atoms with E-state index < -0.39 is 98.9 Å². The number of benzene rings is 10. The summed E-state index contributed by atoms with van der Waals surface area (Å²) in [6.45, 7) is 2.80. The van der Waals surface area contributed by atoms with Gasteiger partial charge in [0.1, 0.15) is 11.6 Å². The minimum Gasteiger partial charge on any atom is -0.308 e. The molecule has 2 aromatic heterocycles. The molecule has 3 nitrogen and oxygen atoms in total. The minimum absolute atomic E-state index is 0.00833. The molecule has 94 heavy (non-hydrogen) atoms. The van der Waals surface area contributed by atoms with Crippen molar-refractivity contribution in [3.63, 3.8) is 0 Å². The van der Waals surface area contributed by atoms with E-state index in [4.69, 9.17) is 0 Å².